The van der Waals surface area contributed by atoms with Crippen molar-refractivity contribution in [2.75, 3.05) is 5.73 Å². The molecule has 3 aromatic rings. The van der Waals surface area contributed by atoms with Gasteiger partial charge >= 0.3 is 0 Å². The molecule has 2 aromatic carbocycles. The molecule has 2 N–H and O–H groups in total. The molecule has 3 rings (SSSR count). The Labute approximate surface area is 128 Å². The van der Waals surface area contributed by atoms with Crippen molar-refractivity contribution >= 4 is 17.4 Å². The Hall–Kier alpha value is -2.52. The van der Waals surface area contributed by atoms with E-state index in [1.165, 1.54) is 0 Å². The summed E-state index contributed by atoms with van der Waals surface area (Å²) in [7, 11) is 0. The molecule has 104 valence electrons. The highest BCUT2D eigenvalue weighted by molar-refractivity contribution is 6.30. The summed E-state index contributed by atoms with van der Waals surface area (Å²) in [4.78, 5) is 4.09. The van der Waals surface area contributed by atoms with Gasteiger partial charge in [-0.15, -0.1) is 0 Å². The molecule has 0 bridgehead atoms. The number of rotatable bonds is 3. The van der Waals surface area contributed by atoms with Crippen LogP contribution in [0.2, 0.25) is 5.02 Å². The number of halogens is 1. The standard InChI is InChI=1S/C17H13ClN2O/c18-13-3-1-4-15(11-13)21-14-8-6-12(7-9-14)16-5-2-10-20-17(16)19/h1-11H,(H2,19,20). The highest BCUT2D eigenvalue weighted by Gasteiger charge is 2.04. The Bertz CT molecular complexity index is 757. The fourth-order valence-electron chi connectivity index (χ4n) is 2.03. The van der Waals surface area contributed by atoms with Gasteiger partial charge in [0.2, 0.25) is 0 Å². The molecule has 0 amide bonds. The van der Waals surface area contributed by atoms with Gasteiger partial charge in [-0.25, -0.2) is 4.98 Å². The zero-order valence-corrected chi connectivity index (χ0v) is 11.9. The van der Waals surface area contributed by atoms with Gasteiger partial charge in [0.15, 0.2) is 0 Å². The average molecular weight is 297 g/mol. The van der Waals surface area contributed by atoms with E-state index in [1.54, 1.807) is 12.3 Å². The smallest absolute Gasteiger partial charge is 0.131 e. The molecule has 3 nitrogen and oxygen atoms in total. The number of ether oxygens (including phenoxy) is 1. The summed E-state index contributed by atoms with van der Waals surface area (Å²) in [5, 5.41) is 0.646. The first-order chi connectivity index (χ1) is 10.2. The lowest BCUT2D eigenvalue weighted by Crippen LogP contribution is -1.92. The lowest BCUT2D eigenvalue weighted by Gasteiger charge is -2.08. The van der Waals surface area contributed by atoms with Crippen molar-refractivity contribution in [1.29, 1.82) is 0 Å². The molecule has 21 heavy (non-hydrogen) atoms. The SMILES string of the molecule is Nc1ncccc1-c1ccc(Oc2cccc(Cl)c2)cc1. The van der Waals surface area contributed by atoms with Gasteiger partial charge in [0.1, 0.15) is 17.3 Å². The van der Waals surface area contributed by atoms with Gasteiger partial charge in [-0.3, -0.25) is 0 Å². The van der Waals surface area contributed by atoms with Crippen molar-refractivity contribution in [2.45, 2.75) is 0 Å². The summed E-state index contributed by atoms with van der Waals surface area (Å²) in [5.74, 6) is 1.96. The number of hydrogen-bond donors (Lipinski definition) is 1. The molecule has 0 radical (unpaired) electrons. The van der Waals surface area contributed by atoms with Crippen LogP contribution < -0.4 is 10.5 Å². The van der Waals surface area contributed by atoms with Crippen molar-refractivity contribution in [3.63, 3.8) is 0 Å². The van der Waals surface area contributed by atoms with E-state index in [4.69, 9.17) is 22.1 Å². The molecular weight excluding hydrogens is 284 g/mol. The third-order valence-corrected chi connectivity index (χ3v) is 3.27. The maximum absolute atomic E-state index is 5.93. The largest absolute Gasteiger partial charge is 0.457 e. The Morgan fingerprint density at radius 3 is 2.43 bits per heavy atom. The highest BCUT2D eigenvalue weighted by atomic mass is 35.5. The van der Waals surface area contributed by atoms with E-state index in [0.717, 1.165) is 16.9 Å². The van der Waals surface area contributed by atoms with Crippen LogP contribution in [0.4, 0.5) is 5.82 Å². The van der Waals surface area contributed by atoms with Crippen LogP contribution in [0.1, 0.15) is 0 Å². The number of nitrogens with zero attached hydrogens (tertiary/aromatic N) is 1. The normalized spacial score (nSPS) is 10.3. The Kier molecular flexibility index (Phi) is 3.75. The van der Waals surface area contributed by atoms with Gasteiger partial charge in [-0.1, -0.05) is 29.8 Å². The predicted molar refractivity (Wildman–Crippen MR) is 85.6 cm³/mol. The number of hydrogen-bond acceptors (Lipinski definition) is 3. The van der Waals surface area contributed by atoms with E-state index >= 15 is 0 Å². The van der Waals surface area contributed by atoms with E-state index in [0.29, 0.717) is 16.6 Å². The quantitative estimate of drug-likeness (QED) is 0.757. The van der Waals surface area contributed by atoms with Crippen LogP contribution in [0.3, 0.4) is 0 Å². The first kappa shape index (κ1) is 13.5. The van der Waals surface area contributed by atoms with Crippen LogP contribution in [0.25, 0.3) is 11.1 Å². The Morgan fingerprint density at radius 2 is 1.71 bits per heavy atom. The fourth-order valence-corrected chi connectivity index (χ4v) is 2.21. The molecule has 0 spiro atoms. The Morgan fingerprint density at radius 1 is 0.905 bits per heavy atom. The van der Waals surface area contributed by atoms with Crippen molar-refractivity contribution < 1.29 is 4.74 Å². The van der Waals surface area contributed by atoms with Crippen molar-refractivity contribution in [3.05, 3.63) is 71.9 Å². The lowest BCUT2D eigenvalue weighted by molar-refractivity contribution is 0.483. The monoisotopic (exact) mass is 296 g/mol. The lowest BCUT2D eigenvalue weighted by atomic mass is 10.1. The van der Waals surface area contributed by atoms with E-state index in [-0.39, 0.29) is 0 Å². The zero-order valence-electron chi connectivity index (χ0n) is 11.2. The maximum Gasteiger partial charge on any atom is 0.131 e. The number of anilines is 1. The van der Waals surface area contributed by atoms with Gasteiger partial charge in [0.25, 0.3) is 0 Å². The molecule has 0 atom stereocenters. The molecule has 0 saturated carbocycles. The van der Waals surface area contributed by atoms with E-state index in [1.807, 2.05) is 54.6 Å². The van der Waals surface area contributed by atoms with Crippen molar-refractivity contribution in [2.24, 2.45) is 0 Å². The Balaban J connectivity index is 1.83. The molecule has 1 heterocycles. The van der Waals surface area contributed by atoms with Crippen LogP contribution in [0.15, 0.2) is 66.9 Å². The first-order valence-electron chi connectivity index (χ1n) is 6.47. The van der Waals surface area contributed by atoms with Crippen LogP contribution in [0.5, 0.6) is 11.5 Å². The number of benzene rings is 2. The highest BCUT2D eigenvalue weighted by Crippen LogP contribution is 2.28. The molecule has 0 fully saturated rings. The topological polar surface area (TPSA) is 48.1 Å². The van der Waals surface area contributed by atoms with E-state index in [2.05, 4.69) is 4.98 Å². The molecule has 0 aliphatic carbocycles. The predicted octanol–water partition coefficient (Wildman–Crippen LogP) is 4.78. The second kappa shape index (κ2) is 5.85. The third-order valence-electron chi connectivity index (χ3n) is 3.04. The van der Waals surface area contributed by atoms with Crippen molar-refractivity contribution in [3.8, 4) is 22.6 Å². The van der Waals surface area contributed by atoms with Crippen LogP contribution in [-0.4, -0.2) is 4.98 Å². The molecule has 0 aliphatic rings. The van der Waals surface area contributed by atoms with Gasteiger partial charge in [0, 0.05) is 16.8 Å². The number of pyridine rings is 1. The summed E-state index contributed by atoms with van der Waals surface area (Å²) in [6.07, 6.45) is 1.68. The number of nitrogens with two attached hydrogens (primary N) is 1. The van der Waals surface area contributed by atoms with Gasteiger partial charge < -0.3 is 10.5 Å². The molecule has 4 heteroatoms. The fraction of sp³-hybridized carbons (Fsp3) is 0. The van der Waals surface area contributed by atoms with E-state index in [9.17, 15) is 0 Å². The van der Waals surface area contributed by atoms with Crippen molar-refractivity contribution in [1.82, 2.24) is 4.98 Å². The summed E-state index contributed by atoms with van der Waals surface area (Å²) < 4.78 is 5.75. The maximum atomic E-state index is 5.93. The summed E-state index contributed by atoms with van der Waals surface area (Å²) in [6, 6.07) is 18.8. The third kappa shape index (κ3) is 3.15. The van der Waals surface area contributed by atoms with E-state index < -0.39 is 0 Å². The van der Waals surface area contributed by atoms with Gasteiger partial charge in [-0.2, -0.15) is 0 Å². The first-order valence-corrected chi connectivity index (χ1v) is 6.84. The molecule has 1 aromatic heterocycles. The zero-order chi connectivity index (χ0) is 14.7. The summed E-state index contributed by atoms with van der Waals surface area (Å²) in [5.41, 5.74) is 7.78. The summed E-state index contributed by atoms with van der Waals surface area (Å²) in [6.45, 7) is 0. The van der Waals surface area contributed by atoms with Crippen LogP contribution in [0, 0.1) is 0 Å². The minimum Gasteiger partial charge on any atom is -0.457 e. The number of nitrogen functional groups attached to an aromatic ring is 1. The van der Waals surface area contributed by atoms with Crippen LogP contribution >= 0.6 is 11.6 Å². The number of aromatic nitrogens is 1. The second-order valence-corrected chi connectivity index (χ2v) is 4.96. The second-order valence-electron chi connectivity index (χ2n) is 4.52. The minimum atomic E-state index is 0.515. The molecule has 0 saturated heterocycles. The molecule has 0 unspecified atom stereocenters. The van der Waals surface area contributed by atoms with Gasteiger partial charge in [-0.05, 0) is 48.0 Å². The molecule has 0 aliphatic heterocycles. The molecular formula is C17H13ClN2O. The minimum absolute atomic E-state index is 0.515. The average Bonchev–Trinajstić information content (AvgIpc) is 2.49. The summed E-state index contributed by atoms with van der Waals surface area (Å²) >= 11 is 5.93. The van der Waals surface area contributed by atoms with Gasteiger partial charge in [0.05, 0.1) is 0 Å². The van der Waals surface area contributed by atoms with Crippen LogP contribution in [-0.2, 0) is 0 Å².